The van der Waals surface area contributed by atoms with Crippen LogP contribution in [0, 0.1) is 5.82 Å². The molecule has 8 nitrogen and oxygen atoms in total. The number of ether oxygens (including phenoxy) is 1. The molecule has 0 aliphatic carbocycles. The van der Waals surface area contributed by atoms with Gasteiger partial charge in [-0.15, -0.1) is 0 Å². The fraction of sp³-hybridized carbons (Fsp3) is 0.167. The maximum absolute atomic E-state index is 13.5. The Morgan fingerprint density at radius 2 is 1.65 bits per heavy atom. The zero-order valence-electron chi connectivity index (χ0n) is 18.7. The molecule has 4 rings (SSSR count). The number of hydrogen-bond acceptors (Lipinski definition) is 5. The third kappa shape index (κ3) is 4.19. The van der Waals surface area contributed by atoms with Crippen LogP contribution < -0.4 is 15.7 Å². The molecule has 0 saturated heterocycles. The van der Waals surface area contributed by atoms with Gasteiger partial charge in [0.25, 0.3) is 0 Å². The first-order chi connectivity index (χ1) is 16.1. The molecule has 10 heteroatoms. The van der Waals surface area contributed by atoms with Gasteiger partial charge in [0.15, 0.2) is 0 Å². The summed E-state index contributed by atoms with van der Waals surface area (Å²) in [4.78, 5) is 24.9. The van der Waals surface area contributed by atoms with Crippen molar-refractivity contribution in [1.29, 1.82) is 0 Å². The van der Waals surface area contributed by atoms with Crippen molar-refractivity contribution in [1.82, 2.24) is 9.13 Å². The van der Waals surface area contributed by atoms with Crippen molar-refractivity contribution >= 4 is 32.5 Å². The third-order valence-corrected chi connectivity index (χ3v) is 7.37. The standard InChI is InChI=1S/C24H22FN3O5S/c1-27-20-13-19(26-23(29)12-15-5-4-6-17(11-15)33-3)22(14-21(20)28(2)24(27)30)34(31,32)18-9-7-16(25)8-10-18/h4-11,13-14H,12H2,1-3H3,(H,26,29). The summed E-state index contributed by atoms with van der Waals surface area (Å²) in [7, 11) is 0.450. The van der Waals surface area contributed by atoms with Crippen LogP contribution in [0.2, 0.25) is 0 Å². The predicted octanol–water partition coefficient (Wildman–Crippen LogP) is 3.04. The number of aromatic nitrogens is 2. The lowest BCUT2D eigenvalue weighted by Gasteiger charge is -2.14. The monoisotopic (exact) mass is 483 g/mol. The van der Waals surface area contributed by atoms with Gasteiger partial charge in [-0.2, -0.15) is 0 Å². The number of amides is 1. The van der Waals surface area contributed by atoms with Gasteiger partial charge in [0, 0.05) is 14.1 Å². The maximum Gasteiger partial charge on any atom is 0.328 e. The van der Waals surface area contributed by atoms with E-state index >= 15 is 0 Å². The second-order valence-electron chi connectivity index (χ2n) is 7.77. The van der Waals surface area contributed by atoms with Gasteiger partial charge in [-0.1, -0.05) is 12.1 Å². The molecule has 0 fully saturated rings. The number of anilines is 1. The van der Waals surface area contributed by atoms with Gasteiger partial charge in [-0.25, -0.2) is 17.6 Å². The van der Waals surface area contributed by atoms with Crippen molar-refractivity contribution in [3.8, 4) is 5.75 Å². The van der Waals surface area contributed by atoms with Crippen molar-refractivity contribution in [3.63, 3.8) is 0 Å². The molecule has 1 amide bonds. The van der Waals surface area contributed by atoms with E-state index in [1.54, 1.807) is 31.3 Å². The highest BCUT2D eigenvalue weighted by molar-refractivity contribution is 7.91. The van der Waals surface area contributed by atoms with Crippen molar-refractivity contribution < 1.29 is 22.3 Å². The van der Waals surface area contributed by atoms with Gasteiger partial charge in [-0.05, 0) is 54.1 Å². The predicted molar refractivity (Wildman–Crippen MR) is 125 cm³/mol. The van der Waals surface area contributed by atoms with Crippen molar-refractivity contribution in [2.75, 3.05) is 12.4 Å². The SMILES string of the molecule is COc1cccc(CC(=O)Nc2cc3c(cc2S(=O)(=O)c2ccc(F)cc2)n(C)c(=O)n3C)c1. The largest absolute Gasteiger partial charge is 0.497 e. The zero-order chi connectivity index (χ0) is 24.6. The molecule has 0 unspecified atom stereocenters. The van der Waals surface area contributed by atoms with Gasteiger partial charge in [0.05, 0.1) is 40.0 Å². The molecule has 4 aromatic rings. The van der Waals surface area contributed by atoms with Crippen LogP contribution >= 0.6 is 0 Å². The molecule has 1 heterocycles. The summed E-state index contributed by atoms with van der Waals surface area (Å²) in [6.45, 7) is 0. The Balaban J connectivity index is 1.82. The molecule has 1 N–H and O–H groups in total. The van der Waals surface area contributed by atoms with Crippen LogP contribution in [0.3, 0.4) is 0 Å². The number of carbonyl (C=O) groups excluding carboxylic acids is 1. The lowest BCUT2D eigenvalue weighted by atomic mass is 10.1. The number of methoxy groups -OCH3 is 1. The summed E-state index contributed by atoms with van der Waals surface area (Å²) in [5.74, 6) is -0.443. The fourth-order valence-electron chi connectivity index (χ4n) is 3.75. The summed E-state index contributed by atoms with van der Waals surface area (Å²) < 4.78 is 48.2. The summed E-state index contributed by atoms with van der Waals surface area (Å²) in [6, 6.07) is 14.2. The van der Waals surface area contributed by atoms with Crippen LogP contribution in [0.5, 0.6) is 5.75 Å². The second-order valence-corrected chi connectivity index (χ2v) is 9.69. The number of hydrogen-bond donors (Lipinski definition) is 1. The number of rotatable bonds is 6. The van der Waals surface area contributed by atoms with E-state index in [4.69, 9.17) is 4.74 Å². The molecule has 0 radical (unpaired) electrons. The van der Waals surface area contributed by atoms with Crippen LogP contribution in [-0.2, 0) is 35.1 Å². The van der Waals surface area contributed by atoms with E-state index in [9.17, 15) is 22.4 Å². The van der Waals surface area contributed by atoms with Crippen molar-refractivity contribution in [2.24, 2.45) is 14.1 Å². The minimum absolute atomic E-state index is 0.0194. The van der Waals surface area contributed by atoms with Crippen LogP contribution in [-0.4, -0.2) is 30.6 Å². The molecule has 34 heavy (non-hydrogen) atoms. The first-order valence-corrected chi connectivity index (χ1v) is 11.7. The van der Waals surface area contributed by atoms with E-state index in [0.29, 0.717) is 22.3 Å². The Bertz CT molecular complexity index is 1570. The first kappa shape index (κ1) is 23.2. The van der Waals surface area contributed by atoms with E-state index in [0.717, 1.165) is 24.3 Å². The number of fused-ring (bicyclic) bond motifs is 1. The minimum Gasteiger partial charge on any atom is -0.497 e. The Morgan fingerprint density at radius 1 is 1.00 bits per heavy atom. The lowest BCUT2D eigenvalue weighted by Crippen LogP contribution is -2.19. The van der Waals surface area contributed by atoms with Crippen molar-refractivity contribution in [2.45, 2.75) is 16.2 Å². The molecule has 0 saturated carbocycles. The molecule has 1 aromatic heterocycles. The maximum atomic E-state index is 13.5. The van der Waals surface area contributed by atoms with Gasteiger partial charge in [0.1, 0.15) is 11.6 Å². The molecular weight excluding hydrogens is 461 g/mol. The van der Waals surface area contributed by atoms with Gasteiger partial charge >= 0.3 is 5.69 Å². The van der Waals surface area contributed by atoms with Gasteiger partial charge < -0.3 is 10.1 Å². The highest BCUT2D eigenvalue weighted by atomic mass is 32.2. The number of imidazole rings is 1. The number of carbonyl (C=O) groups is 1. The highest BCUT2D eigenvalue weighted by Crippen LogP contribution is 2.32. The topological polar surface area (TPSA) is 99.4 Å². The quantitative estimate of drug-likeness (QED) is 0.425. The molecular formula is C24H22FN3O5S. The van der Waals surface area contributed by atoms with E-state index in [1.165, 1.54) is 35.4 Å². The molecule has 0 spiro atoms. The Hall–Kier alpha value is -3.92. The van der Waals surface area contributed by atoms with Gasteiger partial charge in [0.2, 0.25) is 15.7 Å². The number of halogens is 1. The average Bonchev–Trinajstić information content (AvgIpc) is 3.02. The van der Waals surface area contributed by atoms with E-state index in [1.807, 2.05) is 0 Å². The fourth-order valence-corrected chi connectivity index (χ4v) is 5.16. The zero-order valence-corrected chi connectivity index (χ0v) is 19.5. The van der Waals surface area contributed by atoms with Gasteiger partial charge in [-0.3, -0.25) is 13.9 Å². The number of nitrogens with one attached hydrogen (secondary N) is 1. The highest BCUT2D eigenvalue weighted by Gasteiger charge is 2.25. The summed E-state index contributed by atoms with van der Waals surface area (Å²) >= 11 is 0. The smallest absolute Gasteiger partial charge is 0.328 e. The number of nitrogens with zero attached hydrogens (tertiary/aromatic N) is 2. The Kier molecular flexibility index (Phi) is 6.01. The van der Waals surface area contributed by atoms with Crippen molar-refractivity contribution in [3.05, 3.63) is 82.5 Å². The first-order valence-electron chi connectivity index (χ1n) is 10.2. The third-order valence-electron chi connectivity index (χ3n) is 5.56. The lowest BCUT2D eigenvalue weighted by molar-refractivity contribution is -0.115. The minimum atomic E-state index is -4.15. The van der Waals surface area contributed by atoms with Crippen LogP contribution in [0.4, 0.5) is 10.1 Å². The Morgan fingerprint density at radius 3 is 2.29 bits per heavy atom. The normalized spacial score (nSPS) is 11.5. The van der Waals surface area contributed by atoms with Crippen LogP contribution in [0.15, 0.2) is 75.2 Å². The average molecular weight is 484 g/mol. The summed E-state index contributed by atoms with van der Waals surface area (Å²) in [5, 5.41) is 2.67. The number of benzene rings is 3. The molecule has 0 bridgehead atoms. The molecule has 176 valence electrons. The van der Waals surface area contributed by atoms with E-state index in [-0.39, 0.29) is 27.6 Å². The Labute approximate surface area is 195 Å². The molecule has 0 aliphatic heterocycles. The summed E-state index contributed by atoms with van der Waals surface area (Å²) in [5.41, 5.74) is 1.17. The van der Waals surface area contributed by atoms with Crippen LogP contribution in [0.1, 0.15) is 5.56 Å². The molecule has 3 aromatic carbocycles. The van der Waals surface area contributed by atoms with E-state index in [2.05, 4.69) is 5.32 Å². The van der Waals surface area contributed by atoms with Crippen LogP contribution in [0.25, 0.3) is 11.0 Å². The number of sulfone groups is 1. The summed E-state index contributed by atoms with van der Waals surface area (Å²) in [6.07, 6.45) is -0.0288. The second kappa shape index (κ2) is 8.79. The van der Waals surface area contributed by atoms with E-state index < -0.39 is 21.6 Å². The molecule has 0 aliphatic rings. The molecule has 0 atom stereocenters. The number of aryl methyl sites for hydroxylation is 2.